The van der Waals surface area contributed by atoms with E-state index in [0.29, 0.717) is 31.2 Å². The van der Waals surface area contributed by atoms with Crippen molar-refractivity contribution in [2.45, 2.75) is 32.8 Å². The van der Waals surface area contributed by atoms with Crippen LogP contribution in [0.15, 0.2) is 6.07 Å². The first-order valence-electron chi connectivity index (χ1n) is 7.70. The Balaban J connectivity index is 2.12. The lowest BCUT2D eigenvalue weighted by Gasteiger charge is -2.24. The van der Waals surface area contributed by atoms with Crippen LogP contribution in [-0.4, -0.2) is 61.0 Å². The molecular weight excluding hydrogens is 282 g/mol. The number of anilines is 2. The molecule has 1 saturated heterocycles. The number of ether oxygens (including phenoxy) is 1. The number of urea groups is 1. The summed E-state index contributed by atoms with van der Waals surface area (Å²) in [5.41, 5.74) is 1.45. The molecule has 1 aliphatic heterocycles. The zero-order chi connectivity index (χ0) is 16.1. The molecular formula is C15H25N5O2. The Hall–Kier alpha value is -1.89. The summed E-state index contributed by atoms with van der Waals surface area (Å²) >= 11 is 0. The number of rotatable bonds is 3. The largest absolute Gasteiger partial charge is 0.376 e. The van der Waals surface area contributed by atoms with Crippen molar-refractivity contribution in [3.8, 4) is 0 Å². The Morgan fingerprint density at radius 1 is 1.50 bits per heavy atom. The fourth-order valence-electron chi connectivity index (χ4n) is 2.43. The molecule has 0 bridgehead atoms. The Bertz CT molecular complexity index is 521. The molecule has 1 aromatic heterocycles. The van der Waals surface area contributed by atoms with Crippen LogP contribution in [-0.2, 0) is 4.74 Å². The number of nitrogens with one attached hydrogen (secondary N) is 1. The Kier molecular flexibility index (Phi) is 5.54. The average molecular weight is 307 g/mol. The van der Waals surface area contributed by atoms with Gasteiger partial charge in [-0.25, -0.2) is 4.79 Å². The molecule has 1 aliphatic rings. The van der Waals surface area contributed by atoms with E-state index in [1.807, 2.05) is 36.9 Å². The lowest BCUT2D eigenvalue weighted by atomic mass is 10.2. The molecule has 0 spiro atoms. The Morgan fingerprint density at radius 2 is 2.27 bits per heavy atom. The van der Waals surface area contributed by atoms with Gasteiger partial charge in [-0.3, -0.25) is 0 Å². The third-order valence-electron chi connectivity index (χ3n) is 3.65. The van der Waals surface area contributed by atoms with Crippen molar-refractivity contribution in [2.75, 3.05) is 44.0 Å². The van der Waals surface area contributed by atoms with Gasteiger partial charge in [-0.05, 0) is 25.8 Å². The van der Waals surface area contributed by atoms with E-state index in [9.17, 15) is 4.79 Å². The van der Waals surface area contributed by atoms with Crippen LogP contribution in [0.25, 0.3) is 0 Å². The number of amides is 2. The van der Waals surface area contributed by atoms with E-state index in [4.69, 9.17) is 4.74 Å². The maximum Gasteiger partial charge on any atom is 0.322 e. The minimum atomic E-state index is -0.112. The highest BCUT2D eigenvalue weighted by atomic mass is 16.5. The number of hydrogen-bond acceptors (Lipinski definition) is 5. The number of nitrogens with zero attached hydrogens (tertiary/aromatic N) is 4. The van der Waals surface area contributed by atoms with Crippen molar-refractivity contribution in [2.24, 2.45) is 0 Å². The van der Waals surface area contributed by atoms with Crippen LogP contribution >= 0.6 is 0 Å². The Morgan fingerprint density at radius 3 is 2.95 bits per heavy atom. The van der Waals surface area contributed by atoms with Gasteiger partial charge < -0.3 is 19.9 Å². The van der Waals surface area contributed by atoms with Gasteiger partial charge in [0.15, 0.2) is 5.82 Å². The molecule has 7 heteroatoms. The summed E-state index contributed by atoms with van der Waals surface area (Å²) < 4.78 is 5.71. The third kappa shape index (κ3) is 4.07. The maximum atomic E-state index is 12.6. The van der Waals surface area contributed by atoms with E-state index in [-0.39, 0.29) is 12.1 Å². The summed E-state index contributed by atoms with van der Waals surface area (Å²) in [5, 5.41) is 11.2. The topological polar surface area (TPSA) is 70.6 Å². The lowest BCUT2D eigenvalue weighted by Crippen LogP contribution is -2.39. The maximum absolute atomic E-state index is 12.6. The minimum absolute atomic E-state index is 0.110. The number of hydrogen-bond donors (Lipinski definition) is 1. The summed E-state index contributed by atoms with van der Waals surface area (Å²) in [4.78, 5) is 16.2. The van der Waals surface area contributed by atoms with Crippen LogP contribution in [0.2, 0.25) is 0 Å². The summed E-state index contributed by atoms with van der Waals surface area (Å²) in [6, 6.07) is 1.73. The summed E-state index contributed by atoms with van der Waals surface area (Å²) in [7, 11) is 3.75. The quantitative estimate of drug-likeness (QED) is 0.923. The fraction of sp³-hybridized carbons (Fsp3) is 0.667. The molecule has 2 rings (SSSR count). The second kappa shape index (κ2) is 7.40. The molecule has 0 saturated carbocycles. The van der Waals surface area contributed by atoms with Crippen molar-refractivity contribution in [1.82, 2.24) is 15.1 Å². The standard InChI is InChI=1S/C15H25N5O2/c1-5-12-10-20(7-6-8-22-12)15(21)16-13-9-11(2)17-18-14(13)19(3)4/h9,12H,5-8,10H2,1-4H3,(H,16,17,21). The molecule has 0 radical (unpaired) electrons. The van der Waals surface area contributed by atoms with Gasteiger partial charge in [0.2, 0.25) is 0 Å². The summed E-state index contributed by atoms with van der Waals surface area (Å²) in [5.74, 6) is 0.650. The number of aryl methyl sites for hydroxylation is 1. The van der Waals surface area contributed by atoms with E-state index in [2.05, 4.69) is 22.4 Å². The first-order chi connectivity index (χ1) is 10.5. The van der Waals surface area contributed by atoms with Gasteiger partial charge in [0.05, 0.1) is 17.5 Å². The van der Waals surface area contributed by atoms with Crippen LogP contribution in [0.4, 0.5) is 16.3 Å². The normalized spacial score (nSPS) is 18.7. The van der Waals surface area contributed by atoms with E-state index >= 15 is 0 Å². The molecule has 122 valence electrons. The van der Waals surface area contributed by atoms with Crippen LogP contribution in [0.3, 0.4) is 0 Å². The molecule has 0 aliphatic carbocycles. The zero-order valence-corrected chi connectivity index (χ0v) is 13.8. The predicted octanol–water partition coefficient (Wildman–Crippen LogP) is 1.88. The fourth-order valence-corrected chi connectivity index (χ4v) is 2.43. The second-order valence-corrected chi connectivity index (χ2v) is 5.75. The molecule has 1 fully saturated rings. The van der Waals surface area contributed by atoms with Crippen LogP contribution < -0.4 is 10.2 Å². The van der Waals surface area contributed by atoms with Gasteiger partial charge in [0.1, 0.15) is 0 Å². The molecule has 1 N–H and O–H groups in total. The first kappa shape index (κ1) is 16.5. The monoisotopic (exact) mass is 307 g/mol. The minimum Gasteiger partial charge on any atom is -0.376 e. The van der Waals surface area contributed by atoms with E-state index in [1.165, 1.54) is 0 Å². The smallest absolute Gasteiger partial charge is 0.322 e. The van der Waals surface area contributed by atoms with Crippen LogP contribution in [0, 0.1) is 6.92 Å². The Labute approximate surface area is 131 Å². The van der Waals surface area contributed by atoms with Gasteiger partial charge in [0.25, 0.3) is 0 Å². The van der Waals surface area contributed by atoms with Crippen LogP contribution in [0.1, 0.15) is 25.5 Å². The molecule has 0 aromatic carbocycles. The van der Waals surface area contributed by atoms with Gasteiger partial charge in [-0.15, -0.1) is 5.10 Å². The van der Waals surface area contributed by atoms with Crippen molar-refractivity contribution in [1.29, 1.82) is 0 Å². The van der Waals surface area contributed by atoms with E-state index in [0.717, 1.165) is 18.5 Å². The molecule has 1 atom stereocenters. The van der Waals surface area contributed by atoms with Crippen LogP contribution in [0.5, 0.6) is 0 Å². The SMILES string of the molecule is CCC1CN(C(=O)Nc2cc(C)nnc2N(C)C)CCCO1. The van der Waals surface area contributed by atoms with Gasteiger partial charge in [-0.1, -0.05) is 6.92 Å². The number of aromatic nitrogens is 2. The highest BCUT2D eigenvalue weighted by Crippen LogP contribution is 2.22. The molecule has 22 heavy (non-hydrogen) atoms. The summed E-state index contributed by atoms with van der Waals surface area (Å²) in [6.45, 7) is 5.97. The molecule has 1 aromatic rings. The molecule has 7 nitrogen and oxygen atoms in total. The van der Waals surface area contributed by atoms with E-state index < -0.39 is 0 Å². The summed E-state index contributed by atoms with van der Waals surface area (Å²) in [6.07, 6.45) is 1.87. The second-order valence-electron chi connectivity index (χ2n) is 5.75. The molecule has 1 unspecified atom stereocenters. The molecule has 2 heterocycles. The zero-order valence-electron chi connectivity index (χ0n) is 13.8. The third-order valence-corrected chi connectivity index (χ3v) is 3.65. The molecule has 2 amide bonds. The van der Waals surface area contributed by atoms with Crippen molar-refractivity contribution < 1.29 is 9.53 Å². The van der Waals surface area contributed by atoms with Gasteiger partial charge in [0, 0.05) is 33.8 Å². The van der Waals surface area contributed by atoms with Gasteiger partial charge >= 0.3 is 6.03 Å². The van der Waals surface area contributed by atoms with Crippen molar-refractivity contribution >= 4 is 17.5 Å². The average Bonchev–Trinajstić information content (AvgIpc) is 2.72. The van der Waals surface area contributed by atoms with Crippen molar-refractivity contribution in [3.05, 3.63) is 11.8 Å². The van der Waals surface area contributed by atoms with E-state index in [1.54, 1.807) is 0 Å². The van der Waals surface area contributed by atoms with Crippen molar-refractivity contribution in [3.63, 3.8) is 0 Å². The highest BCUT2D eigenvalue weighted by Gasteiger charge is 2.22. The number of carbonyl (C=O) groups is 1. The number of carbonyl (C=O) groups excluding carboxylic acids is 1. The van der Waals surface area contributed by atoms with Gasteiger partial charge in [-0.2, -0.15) is 5.10 Å². The lowest BCUT2D eigenvalue weighted by molar-refractivity contribution is 0.0561. The predicted molar refractivity (Wildman–Crippen MR) is 86.3 cm³/mol. The highest BCUT2D eigenvalue weighted by molar-refractivity contribution is 5.92. The first-order valence-corrected chi connectivity index (χ1v) is 7.70.